The minimum atomic E-state index is -0.506. The van der Waals surface area contributed by atoms with Gasteiger partial charge in [-0.15, -0.1) is 11.8 Å². The van der Waals surface area contributed by atoms with Crippen LogP contribution in [0.5, 0.6) is 17.2 Å². The highest BCUT2D eigenvalue weighted by molar-refractivity contribution is 7.98. The maximum atomic E-state index is 12.5. The fourth-order valence-electron chi connectivity index (χ4n) is 3.53. The van der Waals surface area contributed by atoms with Gasteiger partial charge in [0.2, 0.25) is 5.88 Å². The topological polar surface area (TPSA) is 94.6 Å². The average Bonchev–Trinajstić information content (AvgIpc) is 2.83. The first-order valence-corrected chi connectivity index (χ1v) is 11.0. The van der Waals surface area contributed by atoms with Gasteiger partial charge in [0.05, 0.1) is 18.6 Å². The number of nitrogens with zero attached hydrogens (tertiary/aromatic N) is 1. The number of benzene rings is 3. The van der Waals surface area contributed by atoms with Crippen molar-refractivity contribution in [3.63, 3.8) is 0 Å². The zero-order valence-corrected chi connectivity index (χ0v) is 18.3. The highest BCUT2D eigenvalue weighted by atomic mass is 32.2. The zero-order chi connectivity index (χ0) is 22.7. The Labute approximate surface area is 190 Å². The van der Waals surface area contributed by atoms with Crippen molar-refractivity contribution in [2.24, 2.45) is 5.73 Å². The maximum Gasteiger partial charge on any atom is 0.343 e. The Kier molecular flexibility index (Phi) is 6.06. The molecule has 3 aromatic carbocycles. The molecule has 0 aliphatic carbocycles. The highest BCUT2D eigenvalue weighted by Gasteiger charge is 2.31. The molecule has 0 radical (unpaired) electrons. The Balaban J connectivity index is 1.65. The molecule has 1 atom stereocenters. The van der Waals surface area contributed by atoms with Crippen LogP contribution in [0.3, 0.4) is 0 Å². The SMILES string of the molecule is COc1ccc(C(=O)Oc2ccc3c(c2)OC(N)=C(C#N)C3c2ccc(SC)cc2)cc1. The van der Waals surface area contributed by atoms with E-state index in [0.29, 0.717) is 28.4 Å². The monoisotopic (exact) mass is 444 g/mol. The summed E-state index contributed by atoms with van der Waals surface area (Å²) >= 11 is 1.64. The molecule has 0 saturated heterocycles. The van der Waals surface area contributed by atoms with Gasteiger partial charge in [-0.05, 0) is 54.3 Å². The van der Waals surface area contributed by atoms with Gasteiger partial charge >= 0.3 is 5.97 Å². The number of carbonyl (C=O) groups excluding carboxylic acids is 1. The van der Waals surface area contributed by atoms with Crippen molar-refractivity contribution in [2.45, 2.75) is 10.8 Å². The van der Waals surface area contributed by atoms with E-state index in [-0.39, 0.29) is 11.8 Å². The summed E-state index contributed by atoms with van der Waals surface area (Å²) in [6.45, 7) is 0. The molecule has 0 aromatic heterocycles. The van der Waals surface area contributed by atoms with Crippen molar-refractivity contribution in [2.75, 3.05) is 13.4 Å². The fourth-order valence-corrected chi connectivity index (χ4v) is 3.94. The Bertz CT molecular complexity index is 1230. The van der Waals surface area contributed by atoms with E-state index in [4.69, 9.17) is 19.9 Å². The summed E-state index contributed by atoms with van der Waals surface area (Å²) in [5.74, 6) is 0.572. The van der Waals surface area contributed by atoms with Crippen molar-refractivity contribution in [3.05, 3.63) is 94.9 Å². The molecule has 1 heterocycles. The van der Waals surface area contributed by atoms with Crippen molar-refractivity contribution in [1.29, 1.82) is 5.26 Å². The molecule has 1 aliphatic rings. The Hall–Kier alpha value is -3.89. The molecular weight excluding hydrogens is 424 g/mol. The molecule has 0 saturated carbocycles. The predicted octanol–water partition coefficient (Wildman–Crippen LogP) is 4.85. The largest absolute Gasteiger partial charge is 0.497 e. The molecule has 0 spiro atoms. The van der Waals surface area contributed by atoms with Crippen LogP contribution in [0.2, 0.25) is 0 Å². The van der Waals surface area contributed by atoms with E-state index < -0.39 is 5.97 Å². The summed E-state index contributed by atoms with van der Waals surface area (Å²) < 4.78 is 16.3. The molecule has 1 unspecified atom stereocenters. The van der Waals surface area contributed by atoms with Gasteiger partial charge in [0.1, 0.15) is 28.9 Å². The summed E-state index contributed by atoms with van der Waals surface area (Å²) in [5.41, 5.74) is 8.51. The summed E-state index contributed by atoms with van der Waals surface area (Å²) in [7, 11) is 1.56. The first-order chi connectivity index (χ1) is 15.5. The number of nitriles is 1. The van der Waals surface area contributed by atoms with E-state index in [1.54, 1.807) is 61.3 Å². The van der Waals surface area contributed by atoms with Gasteiger partial charge in [-0.25, -0.2) is 4.79 Å². The molecule has 1 aliphatic heterocycles. The maximum absolute atomic E-state index is 12.5. The molecule has 6 nitrogen and oxygen atoms in total. The number of methoxy groups -OCH3 is 1. The quantitative estimate of drug-likeness (QED) is 0.341. The van der Waals surface area contributed by atoms with E-state index in [1.165, 1.54) is 0 Å². The van der Waals surface area contributed by atoms with Gasteiger partial charge in [-0.1, -0.05) is 18.2 Å². The lowest BCUT2D eigenvalue weighted by atomic mass is 9.83. The van der Waals surface area contributed by atoms with Gasteiger partial charge in [-0.3, -0.25) is 0 Å². The second-order valence-electron chi connectivity index (χ2n) is 7.02. The number of hydrogen-bond acceptors (Lipinski definition) is 7. The summed E-state index contributed by atoms with van der Waals surface area (Å²) in [5, 5.41) is 9.71. The van der Waals surface area contributed by atoms with Crippen LogP contribution in [0.15, 0.2) is 83.1 Å². The number of fused-ring (bicyclic) bond motifs is 1. The molecule has 160 valence electrons. The molecule has 0 bridgehead atoms. The number of allylic oxidation sites excluding steroid dienone is 1. The second-order valence-corrected chi connectivity index (χ2v) is 7.90. The highest BCUT2D eigenvalue weighted by Crippen LogP contribution is 2.43. The Morgan fingerprint density at radius 2 is 1.75 bits per heavy atom. The van der Waals surface area contributed by atoms with Gasteiger partial charge in [0, 0.05) is 16.5 Å². The van der Waals surface area contributed by atoms with Crippen molar-refractivity contribution in [3.8, 4) is 23.3 Å². The van der Waals surface area contributed by atoms with E-state index in [1.807, 2.05) is 30.5 Å². The number of hydrogen-bond donors (Lipinski definition) is 1. The second kappa shape index (κ2) is 9.08. The molecule has 0 fully saturated rings. The molecule has 32 heavy (non-hydrogen) atoms. The molecule has 0 amide bonds. The standard InChI is InChI=1S/C25H20N2O4S/c1-29-17-7-3-16(4-8-17)25(28)30-18-9-12-20-22(13-18)31-24(27)21(14-26)23(20)15-5-10-19(32-2)11-6-15/h3-13,23H,27H2,1-2H3. The van der Waals surface area contributed by atoms with E-state index >= 15 is 0 Å². The minimum Gasteiger partial charge on any atom is -0.497 e. The van der Waals surface area contributed by atoms with Crippen LogP contribution in [0.4, 0.5) is 0 Å². The van der Waals surface area contributed by atoms with E-state index in [9.17, 15) is 10.1 Å². The minimum absolute atomic E-state index is 0.0394. The normalized spacial score (nSPS) is 14.7. The first-order valence-electron chi connectivity index (χ1n) is 9.75. The van der Waals surface area contributed by atoms with Crippen molar-refractivity contribution in [1.82, 2.24) is 0 Å². The lowest BCUT2D eigenvalue weighted by Crippen LogP contribution is -2.21. The van der Waals surface area contributed by atoms with Crippen molar-refractivity contribution < 1.29 is 19.0 Å². The van der Waals surface area contributed by atoms with Gasteiger partial charge in [0.15, 0.2) is 0 Å². The third-order valence-electron chi connectivity index (χ3n) is 5.18. The fraction of sp³-hybridized carbons (Fsp3) is 0.120. The molecule has 4 rings (SSSR count). The number of rotatable bonds is 5. The average molecular weight is 445 g/mol. The number of esters is 1. The van der Waals surface area contributed by atoms with Crippen LogP contribution in [0.25, 0.3) is 0 Å². The van der Waals surface area contributed by atoms with Crippen LogP contribution >= 0.6 is 11.8 Å². The first kappa shape index (κ1) is 21.3. The summed E-state index contributed by atoms with van der Waals surface area (Å²) in [6.07, 6.45) is 2.01. The Morgan fingerprint density at radius 3 is 2.38 bits per heavy atom. The molecule has 3 aromatic rings. The zero-order valence-electron chi connectivity index (χ0n) is 17.5. The van der Waals surface area contributed by atoms with Crippen LogP contribution in [0.1, 0.15) is 27.4 Å². The van der Waals surface area contributed by atoms with Crippen LogP contribution in [-0.2, 0) is 0 Å². The number of ether oxygens (including phenoxy) is 3. The predicted molar refractivity (Wildman–Crippen MR) is 122 cm³/mol. The van der Waals surface area contributed by atoms with Crippen LogP contribution in [-0.4, -0.2) is 19.3 Å². The van der Waals surface area contributed by atoms with Crippen LogP contribution in [0, 0.1) is 11.3 Å². The molecule has 7 heteroatoms. The summed E-state index contributed by atoms with van der Waals surface area (Å²) in [6, 6.07) is 21.9. The lowest BCUT2D eigenvalue weighted by Gasteiger charge is -2.26. The Morgan fingerprint density at radius 1 is 1.06 bits per heavy atom. The lowest BCUT2D eigenvalue weighted by molar-refractivity contribution is 0.0734. The van der Waals surface area contributed by atoms with Crippen LogP contribution < -0.4 is 19.9 Å². The molecule has 2 N–H and O–H groups in total. The van der Waals surface area contributed by atoms with Gasteiger partial charge < -0.3 is 19.9 Å². The smallest absolute Gasteiger partial charge is 0.343 e. The van der Waals surface area contributed by atoms with E-state index in [0.717, 1.165) is 16.0 Å². The number of carbonyl (C=O) groups is 1. The third-order valence-corrected chi connectivity index (χ3v) is 5.92. The number of thioether (sulfide) groups is 1. The van der Waals surface area contributed by atoms with Crippen molar-refractivity contribution >= 4 is 17.7 Å². The van der Waals surface area contributed by atoms with Gasteiger partial charge in [-0.2, -0.15) is 5.26 Å². The third kappa shape index (κ3) is 4.13. The van der Waals surface area contributed by atoms with E-state index in [2.05, 4.69) is 6.07 Å². The molecular formula is C25H20N2O4S. The summed E-state index contributed by atoms with van der Waals surface area (Å²) in [4.78, 5) is 13.6. The van der Waals surface area contributed by atoms with Gasteiger partial charge in [0.25, 0.3) is 0 Å². The number of nitrogens with two attached hydrogens (primary N) is 1.